The van der Waals surface area contributed by atoms with E-state index in [-0.39, 0.29) is 0 Å². The van der Waals surface area contributed by atoms with Crippen molar-refractivity contribution in [2.75, 3.05) is 33.5 Å². The van der Waals surface area contributed by atoms with E-state index in [0.717, 1.165) is 33.0 Å². The Labute approximate surface area is 121 Å². The quantitative estimate of drug-likeness (QED) is 0.810. The zero-order valence-electron chi connectivity index (χ0n) is 12.0. The highest BCUT2D eigenvalue weighted by Gasteiger charge is 2.14. The molecule has 0 saturated carbocycles. The monoisotopic (exact) mass is 270 g/mol. The Bertz CT molecular complexity index is 483. The molecule has 0 fully saturated rings. The van der Waals surface area contributed by atoms with Crippen molar-refractivity contribution in [2.24, 2.45) is 0 Å². The first kappa shape index (κ1) is 12.9. The molecule has 0 atom stereocenters. The van der Waals surface area contributed by atoms with E-state index in [2.05, 4.69) is 81.8 Å². The lowest BCUT2D eigenvalue weighted by atomic mass is 10.2. The third-order valence-corrected chi connectivity index (χ3v) is 3.69. The highest BCUT2D eigenvalue weighted by atomic mass is 15.4. The summed E-state index contributed by atoms with van der Waals surface area (Å²) in [4.78, 5) is 9.26. The minimum Gasteiger partial charge on any atom is -0.362 e. The maximum absolute atomic E-state index is 2.37. The lowest BCUT2D eigenvalue weighted by molar-refractivity contribution is 0.224. The number of benzene rings is 1. The summed E-state index contributed by atoms with van der Waals surface area (Å²) in [6.07, 6.45) is 8.69. The van der Waals surface area contributed by atoms with Gasteiger partial charge in [0.25, 0.3) is 0 Å². The fourth-order valence-electron chi connectivity index (χ4n) is 2.57. The average molecular weight is 270 g/mol. The lowest BCUT2D eigenvalue weighted by Gasteiger charge is -2.24. The van der Waals surface area contributed by atoms with Crippen LogP contribution in [0.4, 0.5) is 0 Å². The van der Waals surface area contributed by atoms with Crippen molar-refractivity contribution in [2.45, 2.75) is 6.54 Å². The normalized spacial score (nSPS) is 17.6. The Balaban J connectivity index is 1.41. The SMILES string of the molecule is CN1C=CN(CCN2C=CN(Cc3ccccc3)C2)C1. The Hall–Kier alpha value is -2.10. The molecule has 0 saturated heterocycles. The van der Waals surface area contributed by atoms with Crippen molar-refractivity contribution in [3.63, 3.8) is 0 Å². The van der Waals surface area contributed by atoms with Crippen LogP contribution in [0.3, 0.4) is 0 Å². The minimum absolute atomic E-state index is 0.986. The Morgan fingerprint density at radius 2 is 1.45 bits per heavy atom. The zero-order valence-corrected chi connectivity index (χ0v) is 12.0. The second kappa shape index (κ2) is 5.90. The van der Waals surface area contributed by atoms with Gasteiger partial charge >= 0.3 is 0 Å². The van der Waals surface area contributed by atoms with E-state index >= 15 is 0 Å². The summed E-state index contributed by atoms with van der Waals surface area (Å²) in [5, 5.41) is 0. The fraction of sp³-hybridized carbons (Fsp3) is 0.375. The van der Waals surface area contributed by atoms with E-state index in [1.807, 2.05) is 0 Å². The predicted octanol–water partition coefficient (Wildman–Crippen LogP) is 1.91. The fourth-order valence-corrected chi connectivity index (χ4v) is 2.57. The Morgan fingerprint density at radius 3 is 2.15 bits per heavy atom. The number of rotatable bonds is 5. The number of hydrogen-bond donors (Lipinski definition) is 0. The second-order valence-electron chi connectivity index (χ2n) is 5.49. The van der Waals surface area contributed by atoms with Gasteiger partial charge in [-0.25, -0.2) is 0 Å². The van der Waals surface area contributed by atoms with E-state index < -0.39 is 0 Å². The first-order chi connectivity index (χ1) is 9.79. The van der Waals surface area contributed by atoms with E-state index in [4.69, 9.17) is 0 Å². The largest absolute Gasteiger partial charge is 0.362 e. The summed E-state index contributed by atoms with van der Waals surface area (Å²) in [5.41, 5.74) is 1.36. The third kappa shape index (κ3) is 3.26. The molecule has 4 nitrogen and oxygen atoms in total. The summed E-state index contributed by atoms with van der Waals surface area (Å²) in [7, 11) is 2.11. The van der Waals surface area contributed by atoms with Gasteiger partial charge in [0, 0.05) is 51.5 Å². The molecule has 2 heterocycles. The second-order valence-corrected chi connectivity index (χ2v) is 5.49. The van der Waals surface area contributed by atoms with E-state index in [1.165, 1.54) is 5.56 Å². The molecule has 4 heteroatoms. The summed E-state index contributed by atoms with van der Waals surface area (Å²) < 4.78 is 0. The molecule has 2 aliphatic rings. The van der Waals surface area contributed by atoms with Crippen molar-refractivity contribution < 1.29 is 0 Å². The van der Waals surface area contributed by atoms with E-state index in [0.29, 0.717) is 0 Å². The lowest BCUT2D eigenvalue weighted by Crippen LogP contribution is -2.33. The van der Waals surface area contributed by atoms with Crippen LogP contribution in [0.1, 0.15) is 5.56 Å². The van der Waals surface area contributed by atoms with E-state index in [1.54, 1.807) is 0 Å². The van der Waals surface area contributed by atoms with Crippen LogP contribution in [0.5, 0.6) is 0 Å². The van der Waals surface area contributed by atoms with Crippen LogP contribution in [-0.4, -0.2) is 53.1 Å². The van der Waals surface area contributed by atoms with Crippen LogP contribution in [0.15, 0.2) is 55.1 Å². The molecule has 1 aromatic carbocycles. The molecule has 0 spiro atoms. The van der Waals surface area contributed by atoms with Crippen LogP contribution in [0.25, 0.3) is 0 Å². The highest BCUT2D eigenvalue weighted by molar-refractivity contribution is 5.15. The first-order valence-corrected chi connectivity index (χ1v) is 7.12. The van der Waals surface area contributed by atoms with Crippen LogP contribution >= 0.6 is 0 Å². The average Bonchev–Trinajstić information content (AvgIpc) is 3.07. The van der Waals surface area contributed by atoms with E-state index in [9.17, 15) is 0 Å². The third-order valence-electron chi connectivity index (χ3n) is 3.69. The van der Waals surface area contributed by atoms with Gasteiger partial charge in [0.2, 0.25) is 0 Å². The van der Waals surface area contributed by atoms with Gasteiger partial charge in [-0.15, -0.1) is 0 Å². The summed E-state index contributed by atoms with van der Waals surface area (Å²) >= 11 is 0. The van der Waals surface area contributed by atoms with Crippen molar-refractivity contribution in [1.82, 2.24) is 19.6 Å². The van der Waals surface area contributed by atoms with Gasteiger partial charge in [0.1, 0.15) is 0 Å². The van der Waals surface area contributed by atoms with Crippen LogP contribution < -0.4 is 0 Å². The molecule has 2 aliphatic heterocycles. The Kier molecular flexibility index (Phi) is 3.81. The maximum Gasteiger partial charge on any atom is 0.0897 e. The van der Waals surface area contributed by atoms with Gasteiger partial charge in [-0.05, 0) is 5.56 Å². The molecule has 0 aromatic heterocycles. The summed E-state index contributed by atoms with van der Waals surface area (Å²) in [6.45, 7) is 5.12. The summed E-state index contributed by atoms with van der Waals surface area (Å²) in [6, 6.07) is 10.6. The molecule has 106 valence electrons. The smallest absolute Gasteiger partial charge is 0.0897 e. The van der Waals surface area contributed by atoms with Gasteiger partial charge in [-0.2, -0.15) is 0 Å². The van der Waals surface area contributed by atoms with Gasteiger partial charge in [-0.1, -0.05) is 30.3 Å². The molecule has 3 rings (SSSR count). The summed E-state index contributed by atoms with van der Waals surface area (Å²) in [5.74, 6) is 0. The predicted molar refractivity (Wildman–Crippen MR) is 81.2 cm³/mol. The first-order valence-electron chi connectivity index (χ1n) is 7.12. The maximum atomic E-state index is 2.37. The van der Waals surface area contributed by atoms with Crippen molar-refractivity contribution in [3.05, 3.63) is 60.7 Å². The molecule has 0 bridgehead atoms. The van der Waals surface area contributed by atoms with Crippen LogP contribution in [0, 0.1) is 0 Å². The van der Waals surface area contributed by atoms with Crippen LogP contribution in [-0.2, 0) is 6.54 Å². The number of nitrogens with zero attached hydrogens (tertiary/aromatic N) is 4. The molecule has 0 amide bonds. The minimum atomic E-state index is 0.986. The molecule has 20 heavy (non-hydrogen) atoms. The van der Waals surface area contributed by atoms with Crippen LogP contribution in [0.2, 0.25) is 0 Å². The number of hydrogen-bond acceptors (Lipinski definition) is 4. The molecular weight excluding hydrogens is 248 g/mol. The topological polar surface area (TPSA) is 13.0 Å². The standard InChI is InChI=1S/C16H22N4/c1-17-7-8-18(14-17)9-10-19-11-12-20(15-19)13-16-5-3-2-4-6-16/h2-8,11-12H,9-10,13-15H2,1H3. The van der Waals surface area contributed by atoms with Gasteiger partial charge in [0.05, 0.1) is 13.3 Å². The van der Waals surface area contributed by atoms with Crippen molar-refractivity contribution in [3.8, 4) is 0 Å². The van der Waals surface area contributed by atoms with Gasteiger partial charge < -0.3 is 19.6 Å². The Morgan fingerprint density at radius 1 is 0.800 bits per heavy atom. The molecule has 0 N–H and O–H groups in total. The van der Waals surface area contributed by atoms with Gasteiger partial charge in [-0.3, -0.25) is 0 Å². The molecule has 0 radical (unpaired) electrons. The molecule has 0 unspecified atom stereocenters. The zero-order chi connectivity index (χ0) is 13.8. The molecule has 1 aromatic rings. The van der Waals surface area contributed by atoms with Gasteiger partial charge in [0.15, 0.2) is 0 Å². The van der Waals surface area contributed by atoms with Crippen molar-refractivity contribution in [1.29, 1.82) is 0 Å². The highest BCUT2D eigenvalue weighted by Crippen LogP contribution is 2.12. The molecular formula is C16H22N4. The van der Waals surface area contributed by atoms with Crippen molar-refractivity contribution >= 4 is 0 Å². The molecule has 0 aliphatic carbocycles.